The van der Waals surface area contributed by atoms with Gasteiger partial charge in [-0.15, -0.1) is 11.3 Å². The van der Waals surface area contributed by atoms with E-state index in [1.54, 1.807) is 0 Å². The fourth-order valence-corrected chi connectivity index (χ4v) is 4.03. The molecule has 1 aromatic heterocycles. The summed E-state index contributed by atoms with van der Waals surface area (Å²) in [7, 11) is 0. The number of carboxylic acid groups (broad SMARTS) is 1. The van der Waals surface area contributed by atoms with Crippen molar-refractivity contribution in [2.45, 2.75) is 12.0 Å². The maximum absolute atomic E-state index is 12.3. The SMILES string of the molecule is O=C(CNC(=O)c1sc2ccccc2c1Cl)NC1(C(=O)O)CCOC1. The summed E-state index contributed by atoms with van der Waals surface area (Å²) < 4.78 is 5.94. The first-order valence-corrected chi connectivity index (χ1v) is 8.70. The molecule has 0 bridgehead atoms. The first-order chi connectivity index (χ1) is 11.9. The Labute approximate surface area is 151 Å². The molecule has 132 valence electrons. The third-order valence-electron chi connectivity index (χ3n) is 3.96. The quantitative estimate of drug-likeness (QED) is 0.729. The molecule has 0 saturated carbocycles. The molecule has 25 heavy (non-hydrogen) atoms. The number of rotatable bonds is 5. The number of carboxylic acids is 1. The van der Waals surface area contributed by atoms with Gasteiger partial charge in [0.1, 0.15) is 4.88 Å². The number of aliphatic carboxylic acids is 1. The van der Waals surface area contributed by atoms with Crippen LogP contribution in [0.15, 0.2) is 24.3 Å². The molecule has 2 amide bonds. The van der Waals surface area contributed by atoms with E-state index in [9.17, 15) is 19.5 Å². The Hall–Kier alpha value is -2.16. The van der Waals surface area contributed by atoms with Crippen molar-refractivity contribution in [3.63, 3.8) is 0 Å². The van der Waals surface area contributed by atoms with E-state index >= 15 is 0 Å². The van der Waals surface area contributed by atoms with Gasteiger partial charge >= 0.3 is 5.97 Å². The number of benzene rings is 1. The highest BCUT2D eigenvalue weighted by atomic mass is 35.5. The molecule has 1 fully saturated rings. The Morgan fingerprint density at radius 2 is 2.08 bits per heavy atom. The highest BCUT2D eigenvalue weighted by molar-refractivity contribution is 7.21. The smallest absolute Gasteiger partial charge is 0.331 e. The zero-order chi connectivity index (χ0) is 18.0. The second-order valence-electron chi connectivity index (χ2n) is 5.66. The Morgan fingerprint density at radius 1 is 1.32 bits per heavy atom. The Balaban J connectivity index is 1.64. The van der Waals surface area contributed by atoms with E-state index in [2.05, 4.69) is 10.6 Å². The lowest BCUT2D eigenvalue weighted by Gasteiger charge is -2.23. The summed E-state index contributed by atoms with van der Waals surface area (Å²) in [5.41, 5.74) is -1.43. The zero-order valence-electron chi connectivity index (χ0n) is 13.0. The molecule has 0 radical (unpaired) electrons. The lowest BCUT2D eigenvalue weighted by molar-refractivity contribution is -0.147. The van der Waals surface area contributed by atoms with Crippen LogP contribution >= 0.6 is 22.9 Å². The predicted octanol–water partition coefficient (Wildman–Crippen LogP) is 1.64. The molecule has 1 atom stereocenters. The van der Waals surface area contributed by atoms with Gasteiger partial charge in [0.15, 0.2) is 5.54 Å². The van der Waals surface area contributed by atoms with Gasteiger partial charge in [0.2, 0.25) is 5.91 Å². The van der Waals surface area contributed by atoms with Gasteiger partial charge in [-0.05, 0) is 6.07 Å². The molecule has 1 aromatic carbocycles. The Morgan fingerprint density at radius 3 is 2.72 bits per heavy atom. The van der Waals surface area contributed by atoms with Crippen molar-refractivity contribution in [3.8, 4) is 0 Å². The van der Waals surface area contributed by atoms with Crippen LogP contribution < -0.4 is 10.6 Å². The average Bonchev–Trinajstić information content (AvgIpc) is 3.19. The third-order valence-corrected chi connectivity index (χ3v) is 5.63. The van der Waals surface area contributed by atoms with Crippen LogP contribution in [0.25, 0.3) is 10.1 Å². The fourth-order valence-electron chi connectivity index (χ4n) is 2.60. The number of thiophene rings is 1. The van der Waals surface area contributed by atoms with Crippen LogP contribution in [0.1, 0.15) is 16.1 Å². The summed E-state index contributed by atoms with van der Waals surface area (Å²) in [4.78, 5) is 36.0. The number of ether oxygens (including phenoxy) is 1. The minimum absolute atomic E-state index is 0.0931. The topological polar surface area (TPSA) is 105 Å². The highest BCUT2D eigenvalue weighted by Gasteiger charge is 2.43. The van der Waals surface area contributed by atoms with E-state index in [0.717, 1.165) is 10.1 Å². The van der Waals surface area contributed by atoms with Crippen LogP contribution in [0, 0.1) is 0 Å². The molecule has 2 aromatic rings. The zero-order valence-corrected chi connectivity index (χ0v) is 14.6. The number of carbonyl (C=O) groups is 3. The van der Waals surface area contributed by atoms with Gasteiger partial charge in [0.05, 0.1) is 18.2 Å². The molecule has 3 rings (SSSR count). The third kappa shape index (κ3) is 3.46. The molecule has 9 heteroatoms. The van der Waals surface area contributed by atoms with Crippen LogP contribution in [-0.2, 0) is 14.3 Å². The molecular weight excluding hydrogens is 368 g/mol. The molecule has 1 unspecified atom stereocenters. The van der Waals surface area contributed by atoms with E-state index in [-0.39, 0.29) is 26.2 Å². The number of nitrogens with one attached hydrogen (secondary N) is 2. The van der Waals surface area contributed by atoms with E-state index < -0.39 is 23.3 Å². The monoisotopic (exact) mass is 382 g/mol. The van der Waals surface area contributed by atoms with Crippen molar-refractivity contribution in [1.82, 2.24) is 10.6 Å². The number of hydrogen-bond acceptors (Lipinski definition) is 5. The lowest BCUT2D eigenvalue weighted by atomic mass is 9.99. The number of halogens is 1. The van der Waals surface area contributed by atoms with Gasteiger partial charge in [0.25, 0.3) is 5.91 Å². The van der Waals surface area contributed by atoms with Crippen molar-refractivity contribution in [2.75, 3.05) is 19.8 Å². The van der Waals surface area contributed by atoms with Crippen LogP contribution in [0.2, 0.25) is 5.02 Å². The molecule has 1 aliphatic heterocycles. The molecule has 3 N–H and O–H groups in total. The molecule has 7 nitrogen and oxygen atoms in total. The van der Waals surface area contributed by atoms with Crippen LogP contribution in [0.3, 0.4) is 0 Å². The largest absolute Gasteiger partial charge is 0.479 e. The first-order valence-electron chi connectivity index (χ1n) is 7.50. The van der Waals surface area contributed by atoms with Gasteiger partial charge in [-0.1, -0.05) is 29.8 Å². The maximum Gasteiger partial charge on any atom is 0.331 e. The van der Waals surface area contributed by atoms with E-state index in [0.29, 0.717) is 9.90 Å². The summed E-state index contributed by atoms with van der Waals surface area (Å²) in [6.45, 7) is -0.182. The number of amides is 2. The van der Waals surface area contributed by atoms with Gasteiger partial charge in [-0.2, -0.15) is 0 Å². The minimum Gasteiger partial charge on any atom is -0.479 e. The summed E-state index contributed by atoms with van der Waals surface area (Å²) in [6, 6.07) is 7.34. The summed E-state index contributed by atoms with van der Waals surface area (Å²) >= 11 is 7.45. The van der Waals surface area contributed by atoms with Crippen molar-refractivity contribution in [1.29, 1.82) is 0 Å². The van der Waals surface area contributed by atoms with E-state index in [1.807, 2.05) is 24.3 Å². The standard InChI is InChI=1S/C16H15ClN2O5S/c17-12-9-3-1-2-4-10(9)25-13(12)14(21)18-7-11(20)19-16(15(22)23)5-6-24-8-16/h1-4H,5-8H2,(H,18,21)(H,19,20)(H,22,23). The maximum atomic E-state index is 12.3. The summed E-state index contributed by atoms with van der Waals surface area (Å²) in [6.07, 6.45) is 0.185. The summed E-state index contributed by atoms with van der Waals surface area (Å²) in [5.74, 6) is -2.23. The van der Waals surface area contributed by atoms with E-state index in [1.165, 1.54) is 11.3 Å². The van der Waals surface area contributed by atoms with Crippen molar-refractivity contribution >= 4 is 50.8 Å². The van der Waals surface area contributed by atoms with E-state index in [4.69, 9.17) is 16.3 Å². The molecule has 2 heterocycles. The first kappa shape index (κ1) is 17.7. The van der Waals surface area contributed by atoms with Gasteiger partial charge < -0.3 is 20.5 Å². The molecule has 0 spiro atoms. The van der Waals surface area contributed by atoms with Crippen LogP contribution in [0.5, 0.6) is 0 Å². The lowest BCUT2D eigenvalue weighted by Crippen LogP contribution is -2.57. The second kappa shape index (κ2) is 6.99. The fraction of sp³-hybridized carbons (Fsp3) is 0.312. The minimum atomic E-state index is -1.43. The van der Waals surface area contributed by atoms with Crippen molar-refractivity contribution in [2.24, 2.45) is 0 Å². The Bertz CT molecular complexity index is 844. The average molecular weight is 383 g/mol. The number of carbonyl (C=O) groups excluding carboxylic acids is 2. The van der Waals surface area contributed by atoms with Gasteiger partial charge in [0, 0.05) is 23.1 Å². The highest BCUT2D eigenvalue weighted by Crippen LogP contribution is 2.34. The second-order valence-corrected chi connectivity index (χ2v) is 7.09. The van der Waals surface area contributed by atoms with Gasteiger partial charge in [-0.3, -0.25) is 9.59 Å². The predicted molar refractivity (Wildman–Crippen MR) is 93.1 cm³/mol. The number of fused-ring (bicyclic) bond motifs is 1. The van der Waals surface area contributed by atoms with Crippen molar-refractivity contribution in [3.05, 3.63) is 34.2 Å². The molecular formula is C16H15ClN2O5S. The number of hydrogen-bond donors (Lipinski definition) is 3. The van der Waals surface area contributed by atoms with Gasteiger partial charge in [-0.25, -0.2) is 4.79 Å². The molecule has 1 saturated heterocycles. The normalized spacial score (nSPS) is 19.7. The summed E-state index contributed by atoms with van der Waals surface area (Å²) in [5, 5.41) is 15.3. The van der Waals surface area contributed by atoms with Crippen molar-refractivity contribution < 1.29 is 24.2 Å². The molecule has 0 aliphatic carbocycles. The van der Waals surface area contributed by atoms with Crippen LogP contribution in [0.4, 0.5) is 0 Å². The van der Waals surface area contributed by atoms with Crippen LogP contribution in [-0.4, -0.2) is 48.2 Å². The Kier molecular flexibility index (Phi) is 4.94. The molecule has 1 aliphatic rings.